The molecular formula is C20H17ClF3N5O3. The van der Waals surface area contributed by atoms with Crippen molar-refractivity contribution in [1.29, 1.82) is 0 Å². The average Bonchev–Trinajstić information content (AvgIpc) is 3.19. The first-order valence-electron chi connectivity index (χ1n) is 9.21. The van der Waals surface area contributed by atoms with E-state index in [0.29, 0.717) is 5.69 Å². The van der Waals surface area contributed by atoms with Crippen LogP contribution < -0.4 is 10.6 Å². The van der Waals surface area contributed by atoms with E-state index < -0.39 is 29.4 Å². The minimum Gasteiger partial charge on any atom is -0.447 e. The molecule has 0 saturated carbocycles. The van der Waals surface area contributed by atoms with Gasteiger partial charge in [-0.15, -0.1) is 0 Å². The van der Waals surface area contributed by atoms with E-state index >= 15 is 0 Å². The van der Waals surface area contributed by atoms with Crippen molar-refractivity contribution in [2.75, 3.05) is 18.5 Å². The van der Waals surface area contributed by atoms with Gasteiger partial charge in [0.25, 0.3) is 5.91 Å². The Hall–Kier alpha value is -3.60. The summed E-state index contributed by atoms with van der Waals surface area (Å²) in [5.41, 5.74) is -0.586. The molecule has 2 aromatic heterocycles. The SMILES string of the molecule is Cc1ccc(NC(=O)OCCNC(=O)c2cn(-c3ncccc3Cl)nc2C(F)(F)F)cc1. The summed E-state index contributed by atoms with van der Waals surface area (Å²) in [6.45, 7) is 1.42. The fourth-order valence-electron chi connectivity index (χ4n) is 2.60. The first-order chi connectivity index (χ1) is 15.1. The second-order valence-corrected chi connectivity index (χ2v) is 6.93. The number of halogens is 4. The number of nitrogens with zero attached hydrogens (tertiary/aromatic N) is 3. The largest absolute Gasteiger partial charge is 0.447 e. The Bertz CT molecular complexity index is 1120. The second kappa shape index (κ2) is 9.69. The Kier molecular flexibility index (Phi) is 6.98. The fourth-order valence-corrected chi connectivity index (χ4v) is 2.81. The molecule has 3 rings (SSSR count). The zero-order valence-corrected chi connectivity index (χ0v) is 17.4. The molecule has 2 N–H and O–H groups in total. The van der Waals surface area contributed by atoms with Crippen LogP contribution in [0, 0.1) is 6.92 Å². The molecule has 0 bridgehead atoms. The van der Waals surface area contributed by atoms with Crippen molar-refractivity contribution in [1.82, 2.24) is 20.1 Å². The molecule has 12 heteroatoms. The molecule has 8 nitrogen and oxygen atoms in total. The van der Waals surface area contributed by atoms with Crippen LogP contribution >= 0.6 is 11.6 Å². The Balaban J connectivity index is 1.61. The van der Waals surface area contributed by atoms with Crippen LogP contribution in [-0.2, 0) is 10.9 Å². The summed E-state index contributed by atoms with van der Waals surface area (Å²) in [5, 5.41) is 8.25. The normalized spacial score (nSPS) is 11.2. The van der Waals surface area contributed by atoms with Crippen molar-refractivity contribution in [2.45, 2.75) is 13.1 Å². The summed E-state index contributed by atoms with van der Waals surface area (Å²) in [7, 11) is 0. The summed E-state index contributed by atoms with van der Waals surface area (Å²) in [4.78, 5) is 28.0. The van der Waals surface area contributed by atoms with E-state index in [2.05, 4.69) is 20.7 Å². The van der Waals surface area contributed by atoms with Gasteiger partial charge in [0.05, 0.1) is 17.1 Å². The average molecular weight is 468 g/mol. The number of amides is 2. The third kappa shape index (κ3) is 5.76. The van der Waals surface area contributed by atoms with Gasteiger partial charge in [0.2, 0.25) is 0 Å². The molecule has 3 aromatic rings. The van der Waals surface area contributed by atoms with Crippen molar-refractivity contribution in [3.63, 3.8) is 0 Å². The highest BCUT2D eigenvalue weighted by Gasteiger charge is 2.39. The number of aromatic nitrogens is 3. The maximum Gasteiger partial charge on any atom is 0.435 e. The van der Waals surface area contributed by atoms with Gasteiger partial charge in [-0.1, -0.05) is 29.3 Å². The smallest absolute Gasteiger partial charge is 0.435 e. The van der Waals surface area contributed by atoms with Crippen molar-refractivity contribution < 1.29 is 27.5 Å². The number of benzene rings is 1. The zero-order valence-electron chi connectivity index (χ0n) is 16.6. The number of alkyl halides is 3. The summed E-state index contributed by atoms with van der Waals surface area (Å²) >= 11 is 5.95. The van der Waals surface area contributed by atoms with Crippen molar-refractivity contribution in [2.24, 2.45) is 0 Å². The number of hydrogen-bond donors (Lipinski definition) is 2. The van der Waals surface area contributed by atoms with Gasteiger partial charge in [0.15, 0.2) is 11.5 Å². The van der Waals surface area contributed by atoms with Crippen LogP contribution in [0.3, 0.4) is 0 Å². The molecule has 0 aliphatic heterocycles. The predicted molar refractivity (Wildman–Crippen MR) is 110 cm³/mol. The van der Waals surface area contributed by atoms with E-state index in [4.69, 9.17) is 16.3 Å². The van der Waals surface area contributed by atoms with Crippen LogP contribution in [-0.4, -0.2) is 39.9 Å². The number of carbonyl (C=O) groups is 2. The summed E-state index contributed by atoms with van der Waals surface area (Å²) in [5.74, 6) is -1.10. The number of aryl methyl sites for hydroxylation is 1. The van der Waals surface area contributed by atoms with Crippen molar-refractivity contribution in [3.8, 4) is 5.82 Å². The number of carbonyl (C=O) groups excluding carboxylic acids is 2. The zero-order chi connectivity index (χ0) is 23.3. The molecule has 168 valence electrons. The van der Waals surface area contributed by atoms with E-state index in [1.54, 1.807) is 24.3 Å². The number of ether oxygens (including phenoxy) is 1. The van der Waals surface area contributed by atoms with Gasteiger partial charge in [-0.25, -0.2) is 14.5 Å². The van der Waals surface area contributed by atoms with E-state index in [1.807, 2.05) is 6.92 Å². The number of pyridine rings is 1. The summed E-state index contributed by atoms with van der Waals surface area (Å²) in [6, 6.07) is 9.89. The Morgan fingerprint density at radius 2 is 1.91 bits per heavy atom. The van der Waals surface area contributed by atoms with Gasteiger partial charge >= 0.3 is 12.3 Å². The van der Waals surface area contributed by atoms with Gasteiger partial charge < -0.3 is 10.1 Å². The summed E-state index contributed by atoms with van der Waals surface area (Å²) in [6.07, 6.45) is -3.44. The minimum absolute atomic E-state index is 0.0590. The van der Waals surface area contributed by atoms with Crippen LogP contribution in [0.4, 0.5) is 23.7 Å². The molecule has 1 aromatic carbocycles. The number of rotatable bonds is 6. The molecule has 0 unspecified atom stereocenters. The van der Waals surface area contributed by atoms with Gasteiger partial charge in [0, 0.05) is 18.1 Å². The molecule has 32 heavy (non-hydrogen) atoms. The molecule has 2 amide bonds. The lowest BCUT2D eigenvalue weighted by molar-refractivity contribution is -0.141. The molecule has 0 fully saturated rings. The van der Waals surface area contributed by atoms with E-state index in [9.17, 15) is 22.8 Å². The lowest BCUT2D eigenvalue weighted by Gasteiger charge is -2.09. The molecule has 0 saturated heterocycles. The standard InChI is InChI=1S/C20H17ClF3N5O3/c1-12-4-6-13(7-5-12)27-19(31)32-10-9-26-18(30)14-11-29(28-16(14)20(22,23)24)17-15(21)3-2-8-25-17/h2-8,11H,9-10H2,1H3,(H,26,30)(H,27,31). The van der Waals surface area contributed by atoms with Crippen LogP contribution in [0.15, 0.2) is 48.8 Å². The number of anilines is 1. The topological polar surface area (TPSA) is 98.1 Å². The third-order valence-electron chi connectivity index (χ3n) is 4.10. The van der Waals surface area contributed by atoms with Crippen LogP contribution in [0.5, 0.6) is 0 Å². The first-order valence-corrected chi connectivity index (χ1v) is 9.59. The van der Waals surface area contributed by atoms with Crippen LogP contribution in [0.25, 0.3) is 5.82 Å². The van der Waals surface area contributed by atoms with E-state index in [1.165, 1.54) is 18.3 Å². The molecular weight excluding hydrogens is 451 g/mol. The van der Waals surface area contributed by atoms with Gasteiger partial charge in [-0.2, -0.15) is 18.3 Å². The monoisotopic (exact) mass is 467 g/mol. The number of hydrogen-bond acceptors (Lipinski definition) is 5. The highest BCUT2D eigenvalue weighted by molar-refractivity contribution is 6.32. The van der Waals surface area contributed by atoms with Gasteiger partial charge in [-0.05, 0) is 31.2 Å². The Morgan fingerprint density at radius 3 is 2.56 bits per heavy atom. The molecule has 0 aliphatic rings. The van der Waals surface area contributed by atoms with E-state index in [0.717, 1.165) is 16.4 Å². The van der Waals surface area contributed by atoms with Gasteiger partial charge in [0.1, 0.15) is 6.61 Å². The van der Waals surface area contributed by atoms with Gasteiger partial charge in [-0.3, -0.25) is 10.1 Å². The second-order valence-electron chi connectivity index (χ2n) is 6.53. The highest BCUT2D eigenvalue weighted by atomic mass is 35.5. The highest BCUT2D eigenvalue weighted by Crippen LogP contribution is 2.31. The molecule has 0 radical (unpaired) electrons. The summed E-state index contributed by atoms with van der Waals surface area (Å²) < 4.78 is 45.8. The maximum atomic E-state index is 13.4. The lowest BCUT2D eigenvalue weighted by Crippen LogP contribution is -2.30. The van der Waals surface area contributed by atoms with Crippen molar-refractivity contribution >= 4 is 29.3 Å². The molecule has 0 aliphatic carbocycles. The minimum atomic E-state index is -4.89. The third-order valence-corrected chi connectivity index (χ3v) is 4.40. The van der Waals surface area contributed by atoms with E-state index in [-0.39, 0.29) is 24.0 Å². The first kappa shape index (κ1) is 23.1. The lowest BCUT2D eigenvalue weighted by atomic mass is 10.2. The van der Waals surface area contributed by atoms with Crippen LogP contribution in [0.2, 0.25) is 5.02 Å². The van der Waals surface area contributed by atoms with Crippen molar-refractivity contribution in [3.05, 3.63) is 70.6 Å². The fraction of sp³-hybridized carbons (Fsp3) is 0.200. The van der Waals surface area contributed by atoms with Crippen LogP contribution in [0.1, 0.15) is 21.6 Å². The Morgan fingerprint density at radius 1 is 1.19 bits per heavy atom. The Labute approximate surface area is 185 Å². The molecule has 0 atom stereocenters. The molecule has 0 spiro atoms. The predicted octanol–water partition coefficient (Wildman–Crippen LogP) is 4.23. The molecule has 2 heterocycles. The maximum absolute atomic E-state index is 13.4. The number of nitrogens with one attached hydrogen (secondary N) is 2. The quantitative estimate of drug-likeness (QED) is 0.529.